The predicted octanol–water partition coefficient (Wildman–Crippen LogP) is 5.03. The van der Waals surface area contributed by atoms with Crippen LogP contribution >= 0.6 is 15.9 Å². The summed E-state index contributed by atoms with van der Waals surface area (Å²) < 4.78 is 8.98. The fourth-order valence-electron chi connectivity index (χ4n) is 3.79. The molecule has 0 spiro atoms. The molecule has 0 N–H and O–H groups in total. The number of carbonyl (C=O) groups is 2. The highest BCUT2D eigenvalue weighted by Gasteiger charge is 2.42. The number of piperidine rings is 1. The standard InChI is InChI=1S/C15H21NO2.C10H11BrO2/c1-15(14(17)18-2,13-9-5-3-6-10-13)16-11-7-4-8-12-16;1-10(11,9(12)13-2)8-6-4-3-5-7-8/h3,5-6,9-10H,4,7-8,11-12H2,1-2H3;3-7H,1-2H3. The number of rotatable bonds is 5. The molecule has 0 aliphatic carbocycles. The van der Waals surface area contributed by atoms with Gasteiger partial charge in [0.05, 0.1) is 14.2 Å². The fraction of sp³-hybridized carbons (Fsp3) is 0.440. The van der Waals surface area contributed by atoms with Crippen molar-refractivity contribution < 1.29 is 19.1 Å². The van der Waals surface area contributed by atoms with Gasteiger partial charge >= 0.3 is 11.9 Å². The van der Waals surface area contributed by atoms with E-state index in [1.165, 1.54) is 20.6 Å². The summed E-state index contributed by atoms with van der Waals surface area (Å²) >= 11 is 3.34. The van der Waals surface area contributed by atoms with E-state index in [2.05, 4.69) is 25.6 Å². The number of likely N-dealkylation sites (tertiary alicyclic amines) is 1. The van der Waals surface area contributed by atoms with E-state index in [-0.39, 0.29) is 11.9 Å². The van der Waals surface area contributed by atoms with Gasteiger partial charge in [0.25, 0.3) is 0 Å². The maximum atomic E-state index is 12.3. The first kappa shape index (κ1) is 25.1. The number of benzene rings is 2. The molecule has 1 heterocycles. The lowest BCUT2D eigenvalue weighted by Gasteiger charge is -2.41. The molecule has 168 valence electrons. The minimum Gasteiger partial charge on any atom is -0.468 e. The van der Waals surface area contributed by atoms with Crippen molar-refractivity contribution in [1.29, 1.82) is 0 Å². The number of alkyl halides is 1. The van der Waals surface area contributed by atoms with Crippen molar-refractivity contribution in [2.75, 3.05) is 27.3 Å². The highest BCUT2D eigenvalue weighted by atomic mass is 79.9. The molecule has 5 nitrogen and oxygen atoms in total. The lowest BCUT2D eigenvalue weighted by atomic mass is 9.88. The number of halogens is 1. The minimum atomic E-state index is -0.747. The topological polar surface area (TPSA) is 55.8 Å². The van der Waals surface area contributed by atoms with Crippen LogP contribution in [0.5, 0.6) is 0 Å². The molecule has 2 unspecified atom stereocenters. The number of hydrogen-bond donors (Lipinski definition) is 0. The number of hydrogen-bond acceptors (Lipinski definition) is 5. The number of nitrogens with zero attached hydrogens (tertiary/aromatic N) is 1. The van der Waals surface area contributed by atoms with E-state index in [0.717, 1.165) is 37.1 Å². The van der Waals surface area contributed by atoms with Crippen molar-refractivity contribution in [2.24, 2.45) is 0 Å². The Morgan fingerprint density at radius 1 is 0.774 bits per heavy atom. The van der Waals surface area contributed by atoms with Gasteiger partial charge < -0.3 is 9.47 Å². The minimum absolute atomic E-state index is 0.171. The summed E-state index contributed by atoms with van der Waals surface area (Å²) in [4.78, 5) is 25.9. The Balaban J connectivity index is 0.000000233. The Morgan fingerprint density at radius 2 is 1.23 bits per heavy atom. The molecule has 1 aliphatic rings. The summed E-state index contributed by atoms with van der Waals surface area (Å²) in [6, 6.07) is 19.4. The van der Waals surface area contributed by atoms with Crippen LogP contribution in [0.4, 0.5) is 0 Å². The molecule has 0 saturated carbocycles. The Bertz CT molecular complexity index is 835. The SMILES string of the molecule is COC(=O)C(C)(Br)c1ccccc1.COC(=O)C(C)(c1ccccc1)N1CCCCC1. The van der Waals surface area contributed by atoms with E-state index in [9.17, 15) is 9.59 Å². The molecule has 1 aliphatic heterocycles. The van der Waals surface area contributed by atoms with Gasteiger partial charge in [0.15, 0.2) is 0 Å². The van der Waals surface area contributed by atoms with Gasteiger partial charge in [0, 0.05) is 0 Å². The second-order valence-electron chi connectivity index (χ2n) is 7.84. The Morgan fingerprint density at radius 3 is 1.68 bits per heavy atom. The molecule has 2 aromatic carbocycles. The molecule has 0 amide bonds. The molecule has 2 atom stereocenters. The lowest BCUT2D eigenvalue weighted by Crippen LogP contribution is -2.52. The molecular weight excluding hydrogens is 458 g/mol. The Labute approximate surface area is 193 Å². The number of esters is 2. The van der Waals surface area contributed by atoms with Crippen molar-refractivity contribution in [1.82, 2.24) is 4.90 Å². The number of methoxy groups -OCH3 is 2. The van der Waals surface area contributed by atoms with E-state index in [4.69, 9.17) is 4.74 Å². The maximum absolute atomic E-state index is 12.3. The van der Waals surface area contributed by atoms with E-state index in [1.807, 2.05) is 67.6 Å². The van der Waals surface area contributed by atoms with Crippen LogP contribution in [0.15, 0.2) is 60.7 Å². The van der Waals surface area contributed by atoms with Crippen LogP contribution in [0.2, 0.25) is 0 Å². The molecule has 0 aromatic heterocycles. The van der Waals surface area contributed by atoms with E-state index >= 15 is 0 Å². The molecule has 3 rings (SSSR count). The second-order valence-corrected chi connectivity index (χ2v) is 9.42. The highest BCUT2D eigenvalue weighted by molar-refractivity contribution is 9.10. The fourth-order valence-corrected chi connectivity index (χ4v) is 4.22. The summed E-state index contributed by atoms with van der Waals surface area (Å²) in [6.07, 6.45) is 3.56. The van der Waals surface area contributed by atoms with Crippen LogP contribution in [-0.4, -0.2) is 44.1 Å². The van der Waals surface area contributed by atoms with Gasteiger partial charge in [-0.25, -0.2) is 4.79 Å². The summed E-state index contributed by atoms with van der Waals surface area (Å²) in [5.41, 5.74) is 1.25. The Kier molecular flexibility index (Phi) is 9.26. The maximum Gasteiger partial charge on any atom is 0.330 e. The van der Waals surface area contributed by atoms with Crippen LogP contribution in [0.3, 0.4) is 0 Å². The average molecular weight is 490 g/mol. The van der Waals surface area contributed by atoms with E-state index < -0.39 is 9.86 Å². The first-order chi connectivity index (χ1) is 14.8. The van der Waals surface area contributed by atoms with Crippen molar-refractivity contribution >= 4 is 27.9 Å². The zero-order valence-corrected chi connectivity index (χ0v) is 20.4. The van der Waals surface area contributed by atoms with Crippen LogP contribution in [0.25, 0.3) is 0 Å². The molecule has 31 heavy (non-hydrogen) atoms. The third kappa shape index (κ3) is 5.95. The molecule has 1 saturated heterocycles. The first-order valence-electron chi connectivity index (χ1n) is 10.5. The summed E-state index contributed by atoms with van der Waals surface area (Å²) in [5, 5.41) is 0. The van der Waals surface area contributed by atoms with Gasteiger partial charge in [-0.1, -0.05) is 83.0 Å². The smallest absolute Gasteiger partial charge is 0.330 e. The quantitative estimate of drug-likeness (QED) is 0.435. The lowest BCUT2D eigenvalue weighted by molar-refractivity contribution is -0.156. The summed E-state index contributed by atoms with van der Waals surface area (Å²) in [5.74, 6) is -0.464. The van der Waals surface area contributed by atoms with Gasteiger partial charge in [-0.05, 0) is 50.9 Å². The molecular formula is C25H32BrNO4. The zero-order chi connectivity index (χ0) is 22.9. The number of carbonyl (C=O) groups excluding carboxylic acids is 2. The third-order valence-corrected chi connectivity index (χ3v) is 6.57. The van der Waals surface area contributed by atoms with Crippen LogP contribution < -0.4 is 0 Å². The zero-order valence-electron chi connectivity index (χ0n) is 18.8. The normalized spacial score (nSPS) is 17.8. The Hall–Kier alpha value is -2.18. The van der Waals surface area contributed by atoms with E-state index in [0.29, 0.717) is 0 Å². The first-order valence-corrected chi connectivity index (χ1v) is 11.3. The highest BCUT2D eigenvalue weighted by Crippen LogP contribution is 2.33. The van der Waals surface area contributed by atoms with Crippen molar-refractivity contribution in [2.45, 2.75) is 43.0 Å². The van der Waals surface area contributed by atoms with Gasteiger partial charge in [0.1, 0.15) is 9.86 Å². The number of ether oxygens (including phenoxy) is 2. The molecule has 2 aromatic rings. The summed E-state index contributed by atoms with van der Waals surface area (Å²) in [7, 11) is 2.85. The molecule has 1 fully saturated rings. The van der Waals surface area contributed by atoms with Crippen LogP contribution in [-0.2, 0) is 28.9 Å². The van der Waals surface area contributed by atoms with Crippen molar-refractivity contribution in [3.63, 3.8) is 0 Å². The second kappa shape index (κ2) is 11.4. The van der Waals surface area contributed by atoms with Gasteiger partial charge in [-0.15, -0.1) is 0 Å². The van der Waals surface area contributed by atoms with Gasteiger partial charge in [-0.2, -0.15) is 0 Å². The molecule has 0 bridgehead atoms. The van der Waals surface area contributed by atoms with Gasteiger partial charge in [-0.3, -0.25) is 9.69 Å². The third-order valence-electron chi connectivity index (χ3n) is 5.79. The largest absolute Gasteiger partial charge is 0.468 e. The van der Waals surface area contributed by atoms with Crippen LogP contribution in [0, 0.1) is 0 Å². The molecule has 6 heteroatoms. The monoisotopic (exact) mass is 489 g/mol. The average Bonchev–Trinajstić information content (AvgIpc) is 2.84. The summed E-state index contributed by atoms with van der Waals surface area (Å²) in [6.45, 7) is 5.66. The predicted molar refractivity (Wildman–Crippen MR) is 126 cm³/mol. The van der Waals surface area contributed by atoms with Gasteiger partial charge in [0.2, 0.25) is 0 Å². The van der Waals surface area contributed by atoms with Crippen molar-refractivity contribution in [3.05, 3.63) is 71.8 Å². The van der Waals surface area contributed by atoms with E-state index in [1.54, 1.807) is 6.92 Å². The van der Waals surface area contributed by atoms with Crippen LogP contribution in [0.1, 0.15) is 44.2 Å². The van der Waals surface area contributed by atoms with Crippen molar-refractivity contribution in [3.8, 4) is 0 Å². The molecule has 0 radical (unpaired) electrons.